The van der Waals surface area contributed by atoms with Gasteiger partial charge in [-0.1, -0.05) is 34.6 Å². The molecule has 5 saturated carbocycles. The molecule has 0 aromatic heterocycles. The predicted molar refractivity (Wildman–Crippen MR) is 128 cm³/mol. The summed E-state index contributed by atoms with van der Waals surface area (Å²) in [6.07, 6.45) is 9.44. The molecule has 5 aliphatic carbocycles. The van der Waals surface area contributed by atoms with Gasteiger partial charge in [-0.2, -0.15) is 0 Å². The third kappa shape index (κ3) is 2.74. The maximum Gasteiger partial charge on any atom is 0.309 e. The van der Waals surface area contributed by atoms with Crippen LogP contribution in [0.4, 0.5) is 0 Å². The average molecular weight is 459 g/mol. The van der Waals surface area contributed by atoms with E-state index in [1.807, 2.05) is 0 Å². The second kappa shape index (κ2) is 7.08. The Morgan fingerprint density at radius 3 is 2.09 bits per heavy atom. The molecule has 2 N–H and O–H groups in total. The standard InChI is InChI=1S/C29H46O4/c1-17(30)18-9-14-29(24(32)33)16-15-27(5)19(23(18)29)7-8-21-26(4)12-11-22(31)25(2,3)20(26)10-13-28(21,27)6/h18-23,31H,7-16H2,1-6H3,(H,32,33)/t18-,19+,20+,21+,22-,23+,26-,27+,28+,29-/m0/s1. The van der Waals surface area contributed by atoms with Crippen LogP contribution in [0, 0.1) is 56.7 Å². The normalized spacial score (nSPS) is 55.0. The number of rotatable bonds is 2. The van der Waals surface area contributed by atoms with Crippen molar-refractivity contribution in [2.24, 2.45) is 56.7 Å². The van der Waals surface area contributed by atoms with Gasteiger partial charge in [0, 0.05) is 5.92 Å². The van der Waals surface area contributed by atoms with Crippen molar-refractivity contribution in [2.75, 3.05) is 0 Å². The molecule has 4 heteroatoms. The van der Waals surface area contributed by atoms with E-state index in [1.54, 1.807) is 6.92 Å². The van der Waals surface area contributed by atoms with Crippen molar-refractivity contribution < 1.29 is 19.8 Å². The molecule has 0 unspecified atom stereocenters. The second-order valence-corrected chi connectivity index (χ2v) is 14.3. The molecule has 5 rings (SSSR count). The number of hydrogen-bond donors (Lipinski definition) is 2. The SMILES string of the molecule is CC(=O)[C@@H]1CC[C@]2(C(=O)O)CC[C@]3(C)[C@H](CC[C@@H]4[C@@]5(C)CC[C@H](O)C(C)(C)[C@H]5CC[C@]43C)[C@@H]12. The minimum Gasteiger partial charge on any atom is -0.481 e. The Morgan fingerprint density at radius 1 is 0.758 bits per heavy atom. The van der Waals surface area contributed by atoms with Crippen molar-refractivity contribution in [2.45, 2.75) is 112 Å². The number of ketones is 1. The van der Waals surface area contributed by atoms with Crippen LogP contribution in [-0.4, -0.2) is 28.1 Å². The summed E-state index contributed by atoms with van der Waals surface area (Å²) in [5.41, 5.74) is -0.287. The van der Waals surface area contributed by atoms with Crippen LogP contribution in [0.2, 0.25) is 0 Å². The lowest BCUT2D eigenvalue weighted by atomic mass is 9.32. The van der Waals surface area contributed by atoms with Crippen LogP contribution in [0.3, 0.4) is 0 Å². The Bertz CT molecular complexity index is 864. The van der Waals surface area contributed by atoms with Crippen molar-refractivity contribution in [3.8, 4) is 0 Å². The topological polar surface area (TPSA) is 74.6 Å². The van der Waals surface area contributed by atoms with Gasteiger partial charge in [0.05, 0.1) is 11.5 Å². The maximum absolute atomic E-state index is 12.7. The van der Waals surface area contributed by atoms with Crippen molar-refractivity contribution in [1.82, 2.24) is 0 Å². The molecule has 0 saturated heterocycles. The lowest BCUT2D eigenvalue weighted by molar-refractivity contribution is -0.248. The fourth-order valence-electron chi connectivity index (χ4n) is 11.4. The fourth-order valence-corrected chi connectivity index (χ4v) is 11.4. The van der Waals surface area contributed by atoms with E-state index in [9.17, 15) is 19.8 Å². The quantitative estimate of drug-likeness (QED) is 0.524. The van der Waals surface area contributed by atoms with Crippen molar-refractivity contribution in [1.29, 1.82) is 0 Å². The third-order valence-electron chi connectivity index (χ3n) is 13.4. The highest BCUT2D eigenvalue weighted by molar-refractivity contribution is 5.83. The zero-order chi connectivity index (χ0) is 24.2. The first kappa shape index (κ1) is 23.8. The molecular weight excluding hydrogens is 412 g/mol. The first-order valence-electron chi connectivity index (χ1n) is 13.7. The monoisotopic (exact) mass is 458 g/mol. The van der Waals surface area contributed by atoms with Gasteiger partial charge in [-0.25, -0.2) is 0 Å². The van der Waals surface area contributed by atoms with Gasteiger partial charge in [0.2, 0.25) is 0 Å². The molecule has 33 heavy (non-hydrogen) atoms. The molecule has 0 aromatic rings. The van der Waals surface area contributed by atoms with Gasteiger partial charge in [-0.15, -0.1) is 0 Å². The highest BCUT2D eigenvalue weighted by Gasteiger charge is 2.72. The molecule has 0 bridgehead atoms. The van der Waals surface area contributed by atoms with Crippen LogP contribution >= 0.6 is 0 Å². The van der Waals surface area contributed by atoms with Crippen LogP contribution in [-0.2, 0) is 9.59 Å². The van der Waals surface area contributed by atoms with Gasteiger partial charge >= 0.3 is 5.97 Å². The molecule has 186 valence electrons. The highest BCUT2D eigenvalue weighted by atomic mass is 16.4. The first-order chi connectivity index (χ1) is 15.3. The smallest absolute Gasteiger partial charge is 0.309 e. The molecule has 4 nitrogen and oxygen atoms in total. The number of fused-ring (bicyclic) bond motifs is 7. The largest absolute Gasteiger partial charge is 0.481 e. The Labute approximate surface area is 200 Å². The fraction of sp³-hybridized carbons (Fsp3) is 0.931. The summed E-state index contributed by atoms with van der Waals surface area (Å²) in [5, 5.41) is 21.3. The van der Waals surface area contributed by atoms with E-state index in [0.717, 1.165) is 51.4 Å². The van der Waals surface area contributed by atoms with E-state index in [-0.39, 0.29) is 45.4 Å². The number of carboxylic acids is 1. The summed E-state index contributed by atoms with van der Waals surface area (Å²) in [4.78, 5) is 25.4. The molecule has 0 aliphatic heterocycles. The van der Waals surface area contributed by atoms with Crippen molar-refractivity contribution in [3.05, 3.63) is 0 Å². The number of carboxylic acid groups (broad SMARTS) is 1. The summed E-state index contributed by atoms with van der Waals surface area (Å²) in [5.74, 6) is 0.932. The van der Waals surface area contributed by atoms with E-state index >= 15 is 0 Å². The van der Waals surface area contributed by atoms with Crippen molar-refractivity contribution >= 4 is 11.8 Å². The molecule has 0 heterocycles. The van der Waals surface area contributed by atoms with Gasteiger partial charge in [-0.3, -0.25) is 9.59 Å². The molecule has 0 radical (unpaired) electrons. The van der Waals surface area contributed by atoms with E-state index in [4.69, 9.17) is 0 Å². The van der Waals surface area contributed by atoms with E-state index in [0.29, 0.717) is 24.2 Å². The van der Waals surface area contributed by atoms with Crippen molar-refractivity contribution in [3.63, 3.8) is 0 Å². The molecule has 10 atom stereocenters. The summed E-state index contributed by atoms with van der Waals surface area (Å²) >= 11 is 0. The van der Waals surface area contributed by atoms with Crippen LogP contribution in [0.1, 0.15) is 106 Å². The third-order valence-corrected chi connectivity index (χ3v) is 13.4. The lowest BCUT2D eigenvalue weighted by Gasteiger charge is -2.72. The summed E-state index contributed by atoms with van der Waals surface area (Å²) in [6.45, 7) is 13.8. The van der Waals surface area contributed by atoms with Crippen LogP contribution in [0.15, 0.2) is 0 Å². The van der Waals surface area contributed by atoms with E-state index < -0.39 is 11.4 Å². The number of aliphatic hydroxyl groups is 1. The molecule has 0 aromatic carbocycles. The molecule has 5 aliphatic rings. The highest BCUT2D eigenvalue weighted by Crippen LogP contribution is 2.77. The van der Waals surface area contributed by atoms with Crippen LogP contribution < -0.4 is 0 Å². The van der Waals surface area contributed by atoms with Gasteiger partial charge in [0.25, 0.3) is 0 Å². The number of carbonyl (C=O) groups is 2. The Balaban J connectivity index is 1.57. The minimum absolute atomic E-state index is 0.000765. The van der Waals surface area contributed by atoms with Gasteiger partial charge < -0.3 is 10.2 Å². The lowest BCUT2D eigenvalue weighted by Crippen LogP contribution is -2.67. The van der Waals surface area contributed by atoms with Gasteiger partial charge in [0.15, 0.2) is 0 Å². The van der Waals surface area contributed by atoms with E-state index in [1.165, 1.54) is 6.42 Å². The minimum atomic E-state index is -0.693. The van der Waals surface area contributed by atoms with E-state index in [2.05, 4.69) is 34.6 Å². The number of aliphatic hydroxyl groups excluding tert-OH is 1. The second-order valence-electron chi connectivity index (χ2n) is 14.3. The zero-order valence-corrected chi connectivity index (χ0v) is 21.7. The molecular formula is C29H46O4. The summed E-state index contributed by atoms with van der Waals surface area (Å²) in [6, 6.07) is 0. The zero-order valence-electron chi connectivity index (χ0n) is 21.7. The van der Waals surface area contributed by atoms with Crippen LogP contribution in [0.25, 0.3) is 0 Å². The average Bonchev–Trinajstić information content (AvgIpc) is 3.13. The maximum atomic E-state index is 12.7. The Hall–Kier alpha value is -0.900. The number of aliphatic carboxylic acids is 1. The summed E-state index contributed by atoms with van der Waals surface area (Å²) in [7, 11) is 0. The number of hydrogen-bond acceptors (Lipinski definition) is 3. The Morgan fingerprint density at radius 2 is 1.45 bits per heavy atom. The molecule has 0 spiro atoms. The predicted octanol–water partition coefficient (Wildman–Crippen LogP) is 6.10. The van der Waals surface area contributed by atoms with Gasteiger partial charge in [-0.05, 0) is 116 Å². The van der Waals surface area contributed by atoms with Crippen LogP contribution in [0.5, 0.6) is 0 Å². The molecule has 5 fully saturated rings. The number of Topliss-reactive ketones (excluding diaryl/α,β-unsaturated/α-hetero) is 1. The molecule has 0 amide bonds. The first-order valence-corrected chi connectivity index (χ1v) is 13.7. The number of carbonyl (C=O) groups excluding carboxylic acids is 1. The Kier molecular flexibility index (Phi) is 5.11. The van der Waals surface area contributed by atoms with Gasteiger partial charge in [0.1, 0.15) is 5.78 Å². The summed E-state index contributed by atoms with van der Waals surface area (Å²) < 4.78 is 0.